The molecule has 1 atom stereocenters. The molecule has 1 saturated carbocycles. The number of hydrogen-bond acceptors (Lipinski definition) is 4. The topological polar surface area (TPSA) is 79.9 Å². The first-order valence-corrected chi connectivity index (χ1v) is 9.46. The molecule has 27 heavy (non-hydrogen) atoms. The number of fused-ring (bicyclic) bond motifs is 1. The number of hydrogen-bond donors (Lipinski definition) is 2. The minimum Gasteiger partial charge on any atom is -0.486 e. The van der Waals surface area contributed by atoms with Crippen LogP contribution in [0, 0.1) is 5.92 Å². The minimum atomic E-state index is -2.03. The summed E-state index contributed by atoms with van der Waals surface area (Å²) >= 11 is 0. The predicted octanol–water partition coefficient (Wildman–Crippen LogP) is 2.32. The molecule has 3 amide bonds. The summed E-state index contributed by atoms with van der Waals surface area (Å²) < 4.78 is 26.1. The second kappa shape index (κ2) is 7.25. The molecule has 1 saturated heterocycles. The molecule has 1 aliphatic carbocycles. The van der Waals surface area contributed by atoms with Gasteiger partial charge in [0, 0.05) is 24.8 Å². The van der Waals surface area contributed by atoms with Crippen LogP contribution in [0.15, 0.2) is 18.2 Å². The van der Waals surface area contributed by atoms with Crippen LogP contribution < -0.4 is 20.1 Å². The number of benzene rings is 1. The van der Waals surface area contributed by atoms with Crippen molar-refractivity contribution in [3.63, 3.8) is 0 Å². The molecule has 0 spiro atoms. The number of rotatable bonds is 4. The Morgan fingerprint density at radius 1 is 1.22 bits per heavy atom. The number of piperidine rings is 1. The number of urea groups is 1. The molecule has 1 aromatic rings. The van der Waals surface area contributed by atoms with Gasteiger partial charge in [0.1, 0.15) is 13.2 Å². The highest BCUT2D eigenvalue weighted by molar-refractivity contribution is 5.91. The molecular formula is C19H24FN3O4. The molecule has 1 unspecified atom stereocenters. The van der Waals surface area contributed by atoms with E-state index >= 15 is 4.39 Å². The average Bonchev–Trinajstić information content (AvgIpc) is 3.50. The number of ether oxygens (including phenoxy) is 2. The van der Waals surface area contributed by atoms with Crippen LogP contribution in [0.5, 0.6) is 11.5 Å². The highest BCUT2D eigenvalue weighted by Crippen LogP contribution is 2.33. The van der Waals surface area contributed by atoms with Gasteiger partial charge in [0.15, 0.2) is 11.5 Å². The van der Waals surface area contributed by atoms with Gasteiger partial charge in [0.05, 0.1) is 6.54 Å². The molecule has 0 aromatic heterocycles. The van der Waals surface area contributed by atoms with Gasteiger partial charge < -0.3 is 25.0 Å². The number of alkyl halides is 1. The number of likely N-dealkylation sites (tertiary alicyclic amines) is 1. The highest BCUT2D eigenvalue weighted by Gasteiger charge is 2.44. The Morgan fingerprint density at radius 3 is 2.78 bits per heavy atom. The van der Waals surface area contributed by atoms with E-state index in [1.807, 2.05) is 0 Å². The molecule has 2 heterocycles. The second-order valence-electron chi connectivity index (χ2n) is 7.43. The first kappa shape index (κ1) is 17.9. The Hall–Kier alpha value is -2.51. The Bertz CT molecular complexity index is 740. The fourth-order valence-corrected chi connectivity index (χ4v) is 3.41. The molecule has 146 valence electrons. The van der Waals surface area contributed by atoms with Crippen LogP contribution in [0.3, 0.4) is 0 Å². The number of nitrogens with zero attached hydrogens (tertiary/aromatic N) is 1. The molecule has 1 aromatic carbocycles. The van der Waals surface area contributed by atoms with E-state index in [4.69, 9.17) is 9.47 Å². The summed E-state index contributed by atoms with van der Waals surface area (Å²) in [7, 11) is 0. The van der Waals surface area contributed by atoms with Gasteiger partial charge in [0.25, 0.3) is 5.91 Å². The third-order valence-electron chi connectivity index (χ3n) is 5.18. The van der Waals surface area contributed by atoms with E-state index in [1.165, 1.54) is 4.90 Å². The van der Waals surface area contributed by atoms with Crippen molar-refractivity contribution in [3.8, 4) is 11.5 Å². The summed E-state index contributed by atoms with van der Waals surface area (Å²) in [6.45, 7) is 1.65. The molecule has 2 fully saturated rings. The lowest BCUT2D eigenvalue weighted by Crippen LogP contribution is -2.56. The van der Waals surface area contributed by atoms with Crippen molar-refractivity contribution >= 4 is 17.6 Å². The zero-order valence-electron chi connectivity index (χ0n) is 15.1. The largest absolute Gasteiger partial charge is 0.486 e. The van der Waals surface area contributed by atoms with Crippen LogP contribution >= 0.6 is 0 Å². The maximum atomic E-state index is 15.1. The normalized spacial score (nSPS) is 24.3. The summed E-state index contributed by atoms with van der Waals surface area (Å²) in [6, 6.07) is 4.69. The van der Waals surface area contributed by atoms with Crippen molar-refractivity contribution in [1.29, 1.82) is 0 Å². The van der Waals surface area contributed by atoms with E-state index in [2.05, 4.69) is 10.6 Å². The molecular weight excluding hydrogens is 353 g/mol. The van der Waals surface area contributed by atoms with Crippen molar-refractivity contribution in [3.05, 3.63) is 18.2 Å². The van der Waals surface area contributed by atoms with Gasteiger partial charge in [-0.25, -0.2) is 9.18 Å². The Labute approximate surface area is 157 Å². The van der Waals surface area contributed by atoms with Gasteiger partial charge in [-0.05, 0) is 43.7 Å². The van der Waals surface area contributed by atoms with Gasteiger partial charge >= 0.3 is 6.03 Å². The van der Waals surface area contributed by atoms with Gasteiger partial charge in [-0.1, -0.05) is 0 Å². The molecule has 2 N–H and O–H groups in total. The molecule has 0 radical (unpaired) electrons. The third kappa shape index (κ3) is 4.09. The standard InChI is InChI=1S/C19H24FN3O4/c20-19(17(24)21-11-13-2-3-13)6-1-7-23(12-19)18(25)22-14-4-5-15-16(10-14)27-9-8-26-15/h4-5,10,13H,1-3,6-9,11-12H2,(H,21,24)(H,22,25). The lowest BCUT2D eigenvalue weighted by atomic mass is 9.94. The van der Waals surface area contributed by atoms with E-state index in [9.17, 15) is 9.59 Å². The molecule has 3 aliphatic rings. The number of halogens is 1. The summed E-state index contributed by atoms with van der Waals surface area (Å²) in [6.07, 6.45) is 2.76. The van der Waals surface area contributed by atoms with Gasteiger partial charge in [0.2, 0.25) is 5.67 Å². The molecule has 7 nitrogen and oxygen atoms in total. The molecule has 0 bridgehead atoms. The third-order valence-corrected chi connectivity index (χ3v) is 5.18. The zero-order chi connectivity index (χ0) is 18.9. The smallest absolute Gasteiger partial charge is 0.321 e. The summed E-state index contributed by atoms with van der Waals surface area (Å²) in [5.74, 6) is 1.08. The first-order chi connectivity index (χ1) is 13.0. The summed E-state index contributed by atoms with van der Waals surface area (Å²) in [4.78, 5) is 26.2. The monoisotopic (exact) mass is 377 g/mol. The number of carbonyl (C=O) groups is 2. The van der Waals surface area contributed by atoms with E-state index in [0.717, 1.165) is 12.8 Å². The highest BCUT2D eigenvalue weighted by atomic mass is 19.1. The van der Waals surface area contributed by atoms with Crippen molar-refractivity contribution in [2.75, 3.05) is 38.2 Å². The molecule has 2 aliphatic heterocycles. The van der Waals surface area contributed by atoms with Crippen LogP contribution in [-0.2, 0) is 4.79 Å². The quantitative estimate of drug-likeness (QED) is 0.844. The number of carbonyl (C=O) groups excluding carboxylic acids is 2. The number of nitrogens with one attached hydrogen (secondary N) is 2. The number of anilines is 1. The second-order valence-corrected chi connectivity index (χ2v) is 7.43. The lowest BCUT2D eigenvalue weighted by Gasteiger charge is -2.36. The van der Waals surface area contributed by atoms with Crippen molar-refractivity contribution in [2.24, 2.45) is 5.92 Å². The maximum absolute atomic E-state index is 15.1. The fraction of sp³-hybridized carbons (Fsp3) is 0.579. The van der Waals surface area contributed by atoms with Crippen molar-refractivity contribution < 1.29 is 23.5 Å². The summed E-state index contributed by atoms with van der Waals surface area (Å²) in [5, 5.41) is 5.45. The Kier molecular flexibility index (Phi) is 4.80. The SMILES string of the molecule is O=C(Nc1ccc2c(c1)OCCO2)N1CCCC(F)(C(=O)NCC2CC2)C1. The Balaban J connectivity index is 1.37. The van der Waals surface area contributed by atoms with Crippen LogP contribution in [0.1, 0.15) is 25.7 Å². The van der Waals surface area contributed by atoms with Crippen LogP contribution in [0.25, 0.3) is 0 Å². The number of amides is 3. The summed E-state index contributed by atoms with van der Waals surface area (Å²) in [5.41, 5.74) is -1.49. The first-order valence-electron chi connectivity index (χ1n) is 9.46. The van der Waals surface area contributed by atoms with Crippen LogP contribution in [0.2, 0.25) is 0 Å². The Morgan fingerprint density at radius 2 is 2.00 bits per heavy atom. The van der Waals surface area contributed by atoms with Crippen LogP contribution in [-0.4, -0.2) is 55.4 Å². The van der Waals surface area contributed by atoms with Crippen LogP contribution in [0.4, 0.5) is 14.9 Å². The molecule has 4 rings (SSSR count). The van der Waals surface area contributed by atoms with E-state index in [1.54, 1.807) is 18.2 Å². The van der Waals surface area contributed by atoms with E-state index in [-0.39, 0.29) is 13.0 Å². The predicted molar refractivity (Wildman–Crippen MR) is 96.8 cm³/mol. The average molecular weight is 377 g/mol. The van der Waals surface area contributed by atoms with Crippen molar-refractivity contribution in [1.82, 2.24) is 10.2 Å². The van der Waals surface area contributed by atoms with E-state index < -0.39 is 17.6 Å². The molecule has 8 heteroatoms. The van der Waals surface area contributed by atoms with Gasteiger partial charge in [-0.15, -0.1) is 0 Å². The zero-order valence-corrected chi connectivity index (χ0v) is 15.1. The van der Waals surface area contributed by atoms with Gasteiger partial charge in [-0.2, -0.15) is 0 Å². The van der Waals surface area contributed by atoms with Gasteiger partial charge in [-0.3, -0.25) is 4.79 Å². The minimum absolute atomic E-state index is 0.136. The van der Waals surface area contributed by atoms with Crippen molar-refractivity contribution in [2.45, 2.75) is 31.4 Å². The van der Waals surface area contributed by atoms with E-state index in [0.29, 0.717) is 55.8 Å². The lowest BCUT2D eigenvalue weighted by molar-refractivity contribution is -0.135. The maximum Gasteiger partial charge on any atom is 0.321 e. The fourth-order valence-electron chi connectivity index (χ4n) is 3.41.